The van der Waals surface area contributed by atoms with Gasteiger partial charge in [0.05, 0.1) is 5.69 Å². The van der Waals surface area contributed by atoms with Crippen LogP contribution in [0.5, 0.6) is 0 Å². The number of nitrogens with one attached hydrogen (secondary N) is 2. The number of rotatable bonds is 3. The summed E-state index contributed by atoms with van der Waals surface area (Å²) in [5, 5.41) is 18.4. The van der Waals surface area contributed by atoms with E-state index >= 15 is 0 Å². The van der Waals surface area contributed by atoms with Crippen molar-refractivity contribution in [3.8, 4) is 11.3 Å². The zero-order valence-electron chi connectivity index (χ0n) is 15.9. The molecule has 2 aromatic heterocycles. The van der Waals surface area contributed by atoms with Crippen LogP contribution in [0, 0.1) is 20.8 Å². The molecule has 0 aliphatic carbocycles. The van der Waals surface area contributed by atoms with Gasteiger partial charge in [-0.2, -0.15) is 9.61 Å². The minimum absolute atomic E-state index is 0.288. The highest BCUT2D eigenvalue weighted by Crippen LogP contribution is 2.22. The van der Waals surface area contributed by atoms with Crippen LogP contribution in [0.2, 0.25) is 0 Å². The van der Waals surface area contributed by atoms with Crippen molar-refractivity contribution in [1.29, 1.82) is 0 Å². The summed E-state index contributed by atoms with van der Waals surface area (Å²) in [6.45, 7) is 5.86. The predicted octanol–water partition coefficient (Wildman–Crippen LogP) is 4.36. The van der Waals surface area contributed by atoms with Crippen LogP contribution in [0.1, 0.15) is 17.0 Å². The Balaban J connectivity index is 1.55. The third kappa shape index (κ3) is 3.42. The van der Waals surface area contributed by atoms with Crippen molar-refractivity contribution in [2.45, 2.75) is 20.8 Å². The number of hydrogen-bond acceptors (Lipinski definition) is 4. The summed E-state index contributed by atoms with van der Waals surface area (Å²) in [5.41, 5.74) is 6.02. The van der Waals surface area contributed by atoms with E-state index in [2.05, 4.69) is 25.9 Å². The van der Waals surface area contributed by atoms with Gasteiger partial charge in [0.25, 0.3) is 0 Å². The average Bonchev–Trinajstić information content (AvgIpc) is 3.06. The monoisotopic (exact) mass is 372 g/mol. The van der Waals surface area contributed by atoms with Gasteiger partial charge in [-0.1, -0.05) is 24.3 Å². The molecular weight excluding hydrogens is 352 g/mol. The fourth-order valence-electron chi connectivity index (χ4n) is 2.98. The highest BCUT2D eigenvalue weighted by molar-refractivity contribution is 6.00. The Labute approximate surface area is 162 Å². The van der Waals surface area contributed by atoms with Crippen molar-refractivity contribution in [2.75, 3.05) is 10.6 Å². The van der Waals surface area contributed by atoms with Crippen molar-refractivity contribution in [2.24, 2.45) is 0 Å². The van der Waals surface area contributed by atoms with E-state index < -0.39 is 0 Å². The van der Waals surface area contributed by atoms with Crippen LogP contribution in [0.25, 0.3) is 16.9 Å². The maximum atomic E-state index is 12.4. The van der Waals surface area contributed by atoms with Crippen molar-refractivity contribution in [1.82, 2.24) is 19.8 Å². The Kier molecular flexibility index (Phi) is 4.49. The van der Waals surface area contributed by atoms with Gasteiger partial charge in [-0.15, -0.1) is 10.2 Å². The molecule has 0 aliphatic rings. The Morgan fingerprint density at radius 3 is 2.61 bits per heavy atom. The third-order valence-electron chi connectivity index (χ3n) is 4.69. The van der Waals surface area contributed by atoms with E-state index in [1.807, 2.05) is 75.4 Å². The Hall–Kier alpha value is -3.74. The first-order valence-corrected chi connectivity index (χ1v) is 8.95. The van der Waals surface area contributed by atoms with Gasteiger partial charge in [0.2, 0.25) is 0 Å². The molecule has 0 fully saturated rings. The zero-order chi connectivity index (χ0) is 19.7. The first-order chi connectivity index (χ1) is 13.5. The van der Waals surface area contributed by atoms with Gasteiger partial charge < -0.3 is 10.6 Å². The van der Waals surface area contributed by atoms with Crippen LogP contribution in [0.15, 0.2) is 54.6 Å². The van der Waals surface area contributed by atoms with E-state index in [-0.39, 0.29) is 6.03 Å². The van der Waals surface area contributed by atoms with Gasteiger partial charge in [-0.3, -0.25) is 0 Å². The number of aryl methyl sites for hydroxylation is 2. The molecule has 0 radical (unpaired) electrons. The van der Waals surface area contributed by atoms with Crippen LogP contribution in [-0.2, 0) is 0 Å². The van der Waals surface area contributed by atoms with Crippen LogP contribution in [0.4, 0.5) is 16.2 Å². The summed E-state index contributed by atoms with van der Waals surface area (Å²) in [4.78, 5) is 12.4. The quantitative estimate of drug-likeness (QED) is 0.560. The lowest BCUT2D eigenvalue weighted by Crippen LogP contribution is -2.20. The molecule has 0 saturated heterocycles. The molecule has 0 aliphatic heterocycles. The van der Waals surface area contributed by atoms with Gasteiger partial charge in [0.1, 0.15) is 0 Å². The summed E-state index contributed by atoms with van der Waals surface area (Å²) in [7, 11) is 0. The van der Waals surface area contributed by atoms with Gasteiger partial charge in [-0.05, 0) is 62.2 Å². The molecule has 7 heteroatoms. The molecule has 4 rings (SSSR count). The maximum absolute atomic E-state index is 12.4. The second-order valence-corrected chi connectivity index (χ2v) is 6.64. The summed E-state index contributed by atoms with van der Waals surface area (Å²) in [5.74, 6) is 0.721. The largest absolute Gasteiger partial charge is 0.323 e. The molecule has 140 valence electrons. The third-order valence-corrected chi connectivity index (χ3v) is 4.69. The molecule has 0 unspecified atom stereocenters. The van der Waals surface area contributed by atoms with Crippen LogP contribution in [0.3, 0.4) is 0 Å². The number of amides is 2. The Morgan fingerprint density at radius 2 is 1.75 bits per heavy atom. The van der Waals surface area contributed by atoms with E-state index in [1.165, 1.54) is 0 Å². The smallest absolute Gasteiger partial charge is 0.308 e. The molecule has 0 atom stereocenters. The minimum Gasteiger partial charge on any atom is -0.308 e. The highest BCUT2D eigenvalue weighted by atomic mass is 16.2. The molecule has 2 amide bonds. The van der Waals surface area contributed by atoms with Gasteiger partial charge >= 0.3 is 6.03 Å². The van der Waals surface area contributed by atoms with Crippen LogP contribution >= 0.6 is 0 Å². The molecule has 4 aromatic rings. The molecule has 0 saturated carbocycles. The highest BCUT2D eigenvalue weighted by Gasteiger charge is 2.09. The fraction of sp³-hybridized carbons (Fsp3) is 0.143. The Bertz CT molecular complexity index is 1180. The number of carbonyl (C=O) groups is 1. The van der Waals surface area contributed by atoms with Crippen molar-refractivity contribution < 1.29 is 4.79 Å². The first-order valence-electron chi connectivity index (χ1n) is 8.95. The second-order valence-electron chi connectivity index (χ2n) is 6.64. The van der Waals surface area contributed by atoms with Gasteiger partial charge in [-0.25, -0.2) is 4.79 Å². The standard InChI is InChI=1S/C21H20N6O/c1-13-6-4-9-18(14(13)2)23-21(28)22-17-8-5-7-16(12-17)19-10-11-20-25-24-15(3)27(20)26-19/h4-12H,1-3H3,(H2,22,23,28). The molecule has 2 heterocycles. The summed E-state index contributed by atoms with van der Waals surface area (Å²) < 4.78 is 1.70. The molecule has 2 N–H and O–H groups in total. The number of urea groups is 1. The van der Waals surface area contributed by atoms with E-state index in [0.717, 1.165) is 33.9 Å². The molecule has 2 aromatic carbocycles. The number of anilines is 2. The maximum Gasteiger partial charge on any atom is 0.323 e. The van der Waals surface area contributed by atoms with Crippen molar-refractivity contribution >= 4 is 23.1 Å². The van der Waals surface area contributed by atoms with Crippen LogP contribution < -0.4 is 10.6 Å². The topological polar surface area (TPSA) is 84.2 Å². The molecule has 7 nitrogen and oxygen atoms in total. The Morgan fingerprint density at radius 1 is 0.929 bits per heavy atom. The van der Waals surface area contributed by atoms with E-state index in [0.29, 0.717) is 11.3 Å². The number of aromatic nitrogens is 4. The minimum atomic E-state index is -0.288. The molecule has 0 spiro atoms. The number of benzene rings is 2. The second kappa shape index (κ2) is 7.11. The zero-order valence-corrected chi connectivity index (χ0v) is 15.9. The first kappa shape index (κ1) is 17.7. The normalized spacial score (nSPS) is 10.8. The number of carbonyl (C=O) groups excluding carboxylic acids is 1. The van der Waals surface area contributed by atoms with E-state index in [9.17, 15) is 4.79 Å². The molecule has 0 bridgehead atoms. The lowest BCUT2D eigenvalue weighted by molar-refractivity contribution is 0.262. The molecular formula is C21H20N6O. The number of fused-ring (bicyclic) bond motifs is 1. The summed E-state index contributed by atoms with van der Waals surface area (Å²) >= 11 is 0. The summed E-state index contributed by atoms with van der Waals surface area (Å²) in [6.07, 6.45) is 0. The average molecular weight is 372 g/mol. The fourth-order valence-corrected chi connectivity index (χ4v) is 2.98. The predicted molar refractivity (Wildman–Crippen MR) is 110 cm³/mol. The van der Waals surface area contributed by atoms with Gasteiger partial charge in [0.15, 0.2) is 11.5 Å². The SMILES string of the molecule is Cc1cccc(NC(=O)Nc2cccc(-c3ccc4nnc(C)n4n3)c2)c1C. The van der Waals surface area contributed by atoms with Crippen molar-refractivity contribution in [3.63, 3.8) is 0 Å². The molecule has 28 heavy (non-hydrogen) atoms. The van der Waals surface area contributed by atoms with Gasteiger partial charge in [0, 0.05) is 16.9 Å². The van der Waals surface area contributed by atoms with E-state index in [1.54, 1.807) is 4.52 Å². The lowest BCUT2D eigenvalue weighted by Gasteiger charge is -2.12. The summed E-state index contributed by atoms with van der Waals surface area (Å²) in [6, 6.07) is 16.9. The lowest BCUT2D eigenvalue weighted by atomic mass is 10.1. The van der Waals surface area contributed by atoms with Crippen molar-refractivity contribution in [3.05, 3.63) is 71.5 Å². The van der Waals surface area contributed by atoms with Crippen LogP contribution in [-0.4, -0.2) is 25.8 Å². The number of nitrogens with zero attached hydrogens (tertiary/aromatic N) is 4. The number of hydrogen-bond donors (Lipinski definition) is 2. The van der Waals surface area contributed by atoms with E-state index in [4.69, 9.17) is 0 Å².